The SMILES string of the molecule is CCOc1csc2c(Br)cc(I)cc12. The fourth-order valence-corrected chi connectivity index (χ4v) is 3.98. The first kappa shape index (κ1) is 10.7. The standard InChI is InChI=1S/C10H8BrIOS/c1-2-13-9-5-14-10-7(9)3-6(12)4-8(10)11/h3-5H,2H2,1H3. The van der Waals surface area contributed by atoms with Gasteiger partial charge in [0.2, 0.25) is 0 Å². The van der Waals surface area contributed by atoms with Gasteiger partial charge in [0.1, 0.15) is 5.75 Å². The molecule has 0 radical (unpaired) electrons. The summed E-state index contributed by atoms with van der Waals surface area (Å²) in [5, 5.41) is 3.27. The molecule has 1 aromatic heterocycles. The van der Waals surface area contributed by atoms with Crippen LogP contribution in [-0.4, -0.2) is 6.61 Å². The van der Waals surface area contributed by atoms with E-state index < -0.39 is 0 Å². The number of thiophene rings is 1. The van der Waals surface area contributed by atoms with Crippen LogP contribution in [-0.2, 0) is 0 Å². The topological polar surface area (TPSA) is 9.23 Å². The fraction of sp³-hybridized carbons (Fsp3) is 0.200. The Hall–Kier alpha value is 0.190. The van der Waals surface area contributed by atoms with E-state index in [9.17, 15) is 0 Å². The predicted molar refractivity (Wildman–Crippen MR) is 73.4 cm³/mol. The van der Waals surface area contributed by atoms with Crippen molar-refractivity contribution in [3.05, 3.63) is 25.6 Å². The molecule has 74 valence electrons. The van der Waals surface area contributed by atoms with Gasteiger partial charge in [0.25, 0.3) is 0 Å². The molecule has 0 spiro atoms. The second kappa shape index (κ2) is 4.37. The van der Waals surface area contributed by atoms with Gasteiger partial charge in [-0.2, -0.15) is 0 Å². The van der Waals surface area contributed by atoms with Crippen LogP contribution >= 0.6 is 49.9 Å². The molecule has 1 nitrogen and oxygen atoms in total. The van der Waals surface area contributed by atoms with Gasteiger partial charge in [-0.1, -0.05) is 0 Å². The van der Waals surface area contributed by atoms with Crippen LogP contribution in [0.4, 0.5) is 0 Å². The Morgan fingerprint density at radius 2 is 2.29 bits per heavy atom. The Kier molecular flexibility index (Phi) is 3.34. The van der Waals surface area contributed by atoms with Crippen molar-refractivity contribution in [3.63, 3.8) is 0 Å². The Morgan fingerprint density at radius 1 is 1.50 bits per heavy atom. The summed E-state index contributed by atoms with van der Waals surface area (Å²) in [6.45, 7) is 2.72. The van der Waals surface area contributed by atoms with Crippen molar-refractivity contribution in [2.24, 2.45) is 0 Å². The third kappa shape index (κ3) is 1.92. The smallest absolute Gasteiger partial charge is 0.137 e. The number of benzene rings is 1. The molecule has 0 fully saturated rings. The third-order valence-corrected chi connectivity index (χ3v) is 4.38. The van der Waals surface area contributed by atoms with Crippen molar-refractivity contribution in [2.45, 2.75) is 6.92 Å². The van der Waals surface area contributed by atoms with E-state index in [0.717, 1.165) is 16.8 Å². The second-order valence-electron chi connectivity index (χ2n) is 2.80. The third-order valence-electron chi connectivity index (χ3n) is 1.86. The molecule has 1 aromatic carbocycles. The number of rotatable bonds is 2. The molecule has 0 aliphatic rings. The summed E-state index contributed by atoms with van der Waals surface area (Å²) in [7, 11) is 0. The van der Waals surface area contributed by atoms with E-state index in [0.29, 0.717) is 0 Å². The maximum absolute atomic E-state index is 5.56. The van der Waals surface area contributed by atoms with Crippen LogP contribution in [0.3, 0.4) is 0 Å². The lowest BCUT2D eigenvalue weighted by atomic mass is 10.2. The molecule has 0 atom stereocenters. The highest BCUT2D eigenvalue weighted by molar-refractivity contribution is 14.1. The van der Waals surface area contributed by atoms with Crippen molar-refractivity contribution >= 4 is 59.9 Å². The van der Waals surface area contributed by atoms with Crippen LogP contribution in [0.1, 0.15) is 6.92 Å². The minimum atomic E-state index is 0.717. The second-order valence-corrected chi connectivity index (χ2v) is 5.78. The average molecular weight is 383 g/mol. The molecule has 0 aliphatic heterocycles. The summed E-state index contributed by atoms with van der Waals surface area (Å²) in [4.78, 5) is 0. The number of ether oxygens (including phenoxy) is 1. The van der Waals surface area contributed by atoms with Crippen molar-refractivity contribution in [3.8, 4) is 5.75 Å². The van der Waals surface area contributed by atoms with Crippen LogP contribution in [0.5, 0.6) is 5.75 Å². The summed E-state index contributed by atoms with van der Waals surface area (Å²) in [5.74, 6) is 0.992. The quantitative estimate of drug-likeness (QED) is 0.686. The van der Waals surface area contributed by atoms with Gasteiger partial charge in [0, 0.05) is 18.8 Å². The highest BCUT2D eigenvalue weighted by Crippen LogP contribution is 2.38. The van der Waals surface area contributed by atoms with Gasteiger partial charge in [-0.15, -0.1) is 11.3 Å². The van der Waals surface area contributed by atoms with Crippen molar-refractivity contribution in [1.82, 2.24) is 0 Å². The van der Waals surface area contributed by atoms with E-state index in [1.54, 1.807) is 11.3 Å². The zero-order valence-electron chi connectivity index (χ0n) is 7.51. The summed E-state index contributed by atoms with van der Waals surface area (Å²) in [6.07, 6.45) is 0. The van der Waals surface area contributed by atoms with Gasteiger partial charge < -0.3 is 4.74 Å². The van der Waals surface area contributed by atoms with E-state index in [1.807, 2.05) is 6.92 Å². The van der Waals surface area contributed by atoms with E-state index in [4.69, 9.17) is 4.74 Å². The molecular formula is C10H8BrIOS. The molecule has 0 saturated heterocycles. The maximum Gasteiger partial charge on any atom is 0.137 e. The first-order valence-electron chi connectivity index (χ1n) is 4.21. The molecule has 0 unspecified atom stereocenters. The summed E-state index contributed by atoms with van der Waals surface area (Å²) in [5.41, 5.74) is 0. The van der Waals surface area contributed by atoms with Gasteiger partial charge >= 0.3 is 0 Å². The van der Waals surface area contributed by atoms with Crippen molar-refractivity contribution in [1.29, 1.82) is 0 Å². The number of hydrogen-bond acceptors (Lipinski definition) is 2. The molecule has 1 heterocycles. The lowest BCUT2D eigenvalue weighted by Crippen LogP contribution is -1.89. The fourth-order valence-electron chi connectivity index (χ4n) is 1.31. The molecule has 14 heavy (non-hydrogen) atoms. The zero-order valence-corrected chi connectivity index (χ0v) is 12.1. The molecule has 4 heteroatoms. The number of fused-ring (bicyclic) bond motifs is 1. The van der Waals surface area contributed by atoms with E-state index in [1.165, 1.54) is 13.7 Å². The largest absolute Gasteiger partial charge is 0.492 e. The minimum Gasteiger partial charge on any atom is -0.492 e. The minimum absolute atomic E-state index is 0.717. The molecular weight excluding hydrogens is 375 g/mol. The normalized spacial score (nSPS) is 10.8. The lowest BCUT2D eigenvalue weighted by molar-refractivity contribution is 0.345. The summed E-state index contributed by atoms with van der Waals surface area (Å²) >= 11 is 7.59. The Labute approximate surface area is 109 Å². The predicted octanol–water partition coefficient (Wildman–Crippen LogP) is 4.67. The van der Waals surface area contributed by atoms with Gasteiger partial charge in [-0.05, 0) is 57.6 Å². The first-order chi connectivity index (χ1) is 6.72. The monoisotopic (exact) mass is 382 g/mol. The zero-order chi connectivity index (χ0) is 10.1. The maximum atomic E-state index is 5.56. The Balaban J connectivity index is 2.66. The van der Waals surface area contributed by atoms with Crippen molar-refractivity contribution < 1.29 is 4.74 Å². The summed E-state index contributed by atoms with van der Waals surface area (Å²) in [6, 6.07) is 4.28. The molecule has 0 bridgehead atoms. The highest BCUT2D eigenvalue weighted by Gasteiger charge is 2.08. The van der Waals surface area contributed by atoms with Gasteiger partial charge in [-0.3, -0.25) is 0 Å². The van der Waals surface area contributed by atoms with Crippen LogP contribution < -0.4 is 4.74 Å². The summed E-state index contributed by atoms with van der Waals surface area (Å²) < 4.78 is 9.19. The molecule has 2 rings (SSSR count). The lowest BCUT2D eigenvalue weighted by Gasteiger charge is -2.01. The Bertz CT molecular complexity index is 466. The molecule has 0 saturated carbocycles. The molecule has 0 N–H and O–H groups in total. The molecule has 0 aliphatic carbocycles. The van der Waals surface area contributed by atoms with Gasteiger partial charge in [0.15, 0.2) is 0 Å². The highest BCUT2D eigenvalue weighted by atomic mass is 127. The van der Waals surface area contributed by atoms with Crippen LogP contribution in [0.2, 0.25) is 0 Å². The number of halogens is 2. The average Bonchev–Trinajstić information content (AvgIpc) is 2.49. The first-order valence-corrected chi connectivity index (χ1v) is 6.96. The van der Waals surface area contributed by atoms with Gasteiger partial charge in [-0.25, -0.2) is 0 Å². The Morgan fingerprint density at radius 3 is 3.00 bits per heavy atom. The molecule has 0 amide bonds. The van der Waals surface area contributed by atoms with E-state index in [-0.39, 0.29) is 0 Å². The van der Waals surface area contributed by atoms with Crippen LogP contribution in [0, 0.1) is 3.57 Å². The van der Waals surface area contributed by atoms with Crippen LogP contribution in [0.15, 0.2) is 22.0 Å². The number of hydrogen-bond donors (Lipinski definition) is 0. The van der Waals surface area contributed by atoms with Crippen molar-refractivity contribution in [2.75, 3.05) is 6.61 Å². The molecule has 2 aromatic rings. The van der Waals surface area contributed by atoms with Gasteiger partial charge in [0.05, 0.1) is 11.3 Å². The van der Waals surface area contributed by atoms with E-state index >= 15 is 0 Å². The van der Waals surface area contributed by atoms with Crippen LogP contribution in [0.25, 0.3) is 10.1 Å². The van der Waals surface area contributed by atoms with E-state index in [2.05, 4.69) is 56.0 Å².